The van der Waals surface area contributed by atoms with Gasteiger partial charge >= 0.3 is 5.97 Å². The maximum atomic E-state index is 13.9. The number of esters is 1. The minimum absolute atomic E-state index is 0.114. The topological polar surface area (TPSA) is 85.4 Å². The van der Waals surface area contributed by atoms with Gasteiger partial charge in [-0.05, 0) is 72.3 Å². The number of para-hydroxylation sites is 1. The van der Waals surface area contributed by atoms with Crippen molar-refractivity contribution in [3.63, 3.8) is 0 Å². The van der Waals surface area contributed by atoms with E-state index in [1.165, 1.54) is 42.5 Å². The minimum atomic E-state index is -1.11. The molecule has 2 amide bonds. The van der Waals surface area contributed by atoms with Crippen LogP contribution in [0.5, 0.6) is 11.5 Å². The fraction of sp³-hybridized carbons (Fsp3) is 0.129. The van der Waals surface area contributed by atoms with Gasteiger partial charge in [0.15, 0.2) is 17.6 Å². The van der Waals surface area contributed by atoms with Gasteiger partial charge in [0.05, 0.1) is 40.1 Å². The summed E-state index contributed by atoms with van der Waals surface area (Å²) >= 11 is 12.2. The van der Waals surface area contributed by atoms with Crippen molar-refractivity contribution in [3.05, 3.63) is 118 Å². The third-order valence-corrected chi connectivity index (χ3v) is 7.84. The molecule has 3 unspecified atom stereocenters. The van der Waals surface area contributed by atoms with Crippen molar-refractivity contribution in [2.24, 2.45) is 5.92 Å². The van der Waals surface area contributed by atoms with Crippen LogP contribution in [-0.2, 0) is 14.4 Å². The van der Waals surface area contributed by atoms with E-state index in [9.17, 15) is 18.8 Å². The Labute approximate surface area is 249 Å². The molecule has 3 atom stereocenters. The van der Waals surface area contributed by atoms with Crippen LogP contribution in [-0.4, -0.2) is 31.0 Å². The number of rotatable bonds is 6. The SMILES string of the molecule is COc1cc(C2C3C(=O)N(c4ccc(Cl)c(Cl)c4)C(=O)C3ON2c2ccccc2)ccc1OC(=O)c1ccc(F)cc1. The number of hydrogen-bond donors (Lipinski definition) is 0. The lowest BCUT2D eigenvalue weighted by atomic mass is 9.90. The van der Waals surface area contributed by atoms with Gasteiger partial charge in [0.1, 0.15) is 11.7 Å². The van der Waals surface area contributed by atoms with Crippen LogP contribution in [0.2, 0.25) is 10.0 Å². The van der Waals surface area contributed by atoms with Crippen molar-refractivity contribution in [2.75, 3.05) is 17.1 Å². The van der Waals surface area contributed by atoms with Gasteiger partial charge in [0.25, 0.3) is 5.91 Å². The lowest BCUT2D eigenvalue weighted by molar-refractivity contribution is -0.126. The van der Waals surface area contributed by atoms with Crippen molar-refractivity contribution >= 4 is 52.4 Å². The van der Waals surface area contributed by atoms with Gasteiger partial charge < -0.3 is 9.47 Å². The minimum Gasteiger partial charge on any atom is -0.493 e. The summed E-state index contributed by atoms with van der Waals surface area (Å²) in [6.07, 6.45) is -1.11. The number of hydrogen-bond acceptors (Lipinski definition) is 7. The Balaban J connectivity index is 1.37. The molecule has 0 aromatic heterocycles. The summed E-state index contributed by atoms with van der Waals surface area (Å²) in [5, 5.41) is 2.03. The Kier molecular flexibility index (Phi) is 7.32. The monoisotopic (exact) mass is 606 g/mol. The largest absolute Gasteiger partial charge is 0.493 e. The Morgan fingerprint density at radius 2 is 1.57 bits per heavy atom. The van der Waals surface area contributed by atoms with Gasteiger partial charge in [-0.1, -0.05) is 47.5 Å². The van der Waals surface area contributed by atoms with E-state index < -0.39 is 41.7 Å². The van der Waals surface area contributed by atoms with Gasteiger partial charge in [-0.25, -0.2) is 19.1 Å². The molecule has 42 heavy (non-hydrogen) atoms. The Bertz CT molecular complexity index is 1700. The van der Waals surface area contributed by atoms with Crippen molar-refractivity contribution < 1.29 is 33.1 Å². The van der Waals surface area contributed by atoms with Gasteiger partial charge in [-0.15, -0.1) is 0 Å². The molecule has 212 valence electrons. The number of carbonyl (C=O) groups is 3. The zero-order valence-electron chi connectivity index (χ0n) is 21.9. The highest BCUT2D eigenvalue weighted by molar-refractivity contribution is 6.42. The first kappa shape index (κ1) is 27.7. The van der Waals surface area contributed by atoms with Gasteiger partial charge in [0, 0.05) is 0 Å². The smallest absolute Gasteiger partial charge is 0.343 e. The van der Waals surface area contributed by atoms with Crippen LogP contribution in [0.4, 0.5) is 15.8 Å². The van der Waals surface area contributed by atoms with Gasteiger partial charge in [0.2, 0.25) is 5.91 Å². The summed E-state index contributed by atoms with van der Waals surface area (Å²) < 4.78 is 24.4. The van der Waals surface area contributed by atoms with Crippen LogP contribution in [0.25, 0.3) is 0 Å². The van der Waals surface area contributed by atoms with E-state index in [0.29, 0.717) is 11.3 Å². The molecule has 4 aromatic rings. The average Bonchev–Trinajstić information content (AvgIpc) is 3.51. The van der Waals surface area contributed by atoms with Gasteiger partial charge in [-0.2, -0.15) is 0 Å². The second kappa shape index (κ2) is 11.1. The molecule has 0 radical (unpaired) electrons. The number of amides is 2. The van der Waals surface area contributed by atoms with Crippen molar-refractivity contribution in [2.45, 2.75) is 12.1 Å². The lowest BCUT2D eigenvalue weighted by Gasteiger charge is -2.29. The molecule has 2 aliphatic rings. The zero-order valence-corrected chi connectivity index (χ0v) is 23.4. The second-order valence-electron chi connectivity index (χ2n) is 9.57. The predicted molar refractivity (Wildman–Crippen MR) is 153 cm³/mol. The van der Waals surface area contributed by atoms with E-state index in [0.717, 1.165) is 17.0 Å². The second-order valence-corrected chi connectivity index (χ2v) is 10.4. The van der Waals surface area contributed by atoms with E-state index in [1.54, 1.807) is 30.3 Å². The van der Waals surface area contributed by atoms with Crippen molar-refractivity contribution in [1.29, 1.82) is 0 Å². The first-order valence-corrected chi connectivity index (χ1v) is 13.5. The predicted octanol–water partition coefficient (Wildman–Crippen LogP) is 6.41. The number of benzene rings is 4. The molecule has 0 aliphatic carbocycles. The standard InChI is InChI=1S/C31H21Cl2FN2O6/c1-40-25-15-18(9-14-24(25)41-31(39)17-7-10-19(34)11-8-17)27-26-28(42-36(27)20-5-3-2-4-6-20)30(38)35(29(26)37)21-12-13-22(32)23(33)16-21/h2-16,26-28H,1H3. The van der Waals surface area contributed by atoms with Crippen LogP contribution >= 0.6 is 23.2 Å². The maximum absolute atomic E-state index is 13.9. The van der Waals surface area contributed by atoms with Crippen LogP contribution in [0.3, 0.4) is 0 Å². The first-order valence-electron chi connectivity index (χ1n) is 12.8. The Hall–Kier alpha value is -4.44. The maximum Gasteiger partial charge on any atom is 0.343 e. The van der Waals surface area contributed by atoms with Crippen molar-refractivity contribution in [1.82, 2.24) is 0 Å². The number of fused-ring (bicyclic) bond motifs is 1. The summed E-state index contributed by atoms with van der Waals surface area (Å²) in [6, 6.07) is 22.6. The summed E-state index contributed by atoms with van der Waals surface area (Å²) in [6.45, 7) is 0. The number of hydroxylamine groups is 1. The molecule has 2 aliphatic heterocycles. The number of methoxy groups -OCH3 is 1. The van der Waals surface area contributed by atoms with Crippen LogP contribution < -0.4 is 19.4 Å². The molecular weight excluding hydrogens is 586 g/mol. The third kappa shape index (κ3) is 4.85. The first-order chi connectivity index (χ1) is 20.3. The van der Waals surface area contributed by atoms with Crippen LogP contribution in [0, 0.1) is 11.7 Å². The fourth-order valence-electron chi connectivity index (χ4n) is 5.13. The molecule has 0 N–H and O–H groups in total. The molecule has 6 rings (SSSR count). The normalized spacial score (nSPS) is 19.7. The molecule has 0 spiro atoms. The molecule has 0 saturated carbocycles. The third-order valence-electron chi connectivity index (χ3n) is 7.10. The number of carbonyl (C=O) groups excluding carboxylic acids is 3. The van der Waals surface area contributed by atoms with Gasteiger partial charge in [-0.3, -0.25) is 14.4 Å². The highest BCUT2D eigenvalue weighted by Crippen LogP contribution is 2.49. The van der Waals surface area contributed by atoms with E-state index in [-0.39, 0.29) is 32.8 Å². The average molecular weight is 607 g/mol. The molecule has 8 nitrogen and oxygen atoms in total. The number of imide groups is 1. The van der Waals surface area contributed by atoms with E-state index in [1.807, 2.05) is 18.2 Å². The van der Waals surface area contributed by atoms with E-state index >= 15 is 0 Å². The number of nitrogens with zero attached hydrogens (tertiary/aromatic N) is 2. The highest BCUT2D eigenvalue weighted by Gasteiger charge is 2.60. The molecule has 4 aromatic carbocycles. The van der Waals surface area contributed by atoms with Crippen LogP contribution in [0.1, 0.15) is 22.0 Å². The van der Waals surface area contributed by atoms with Crippen LogP contribution in [0.15, 0.2) is 91.0 Å². The Morgan fingerprint density at radius 1 is 0.833 bits per heavy atom. The number of halogens is 3. The van der Waals surface area contributed by atoms with Crippen molar-refractivity contribution in [3.8, 4) is 11.5 Å². The fourth-order valence-corrected chi connectivity index (χ4v) is 5.42. The highest BCUT2D eigenvalue weighted by atomic mass is 35.5. The summed E-state index contributed by atoms with van der Waals surface area (Å²) in [4.78, 5) is 47.4. The summed E-state index contributed by atoms with van der Waals surface area (Å²) in [7, 11) is 1.41. The molecule has 11 heteroatoms. The quantitative estimate of drug-likeness (QED) is 0.142. The molecule has 2 heterocycles. The van der Waals surface area contributed by atoms with E-state index in [4.69, 9.17) is 37.5 Å². The number of ether oxygens (including phenoxy) is 2. The molecule has 2 saturated heterocycles. The molecule has 2 fully saturated rings. The Morgan fingerprint density at radius 3 is 2.26 bits per heavy atom. The lowest BCUT2D eigenvalue weighted by Crippen LogP contribution is -2.37. The molecular formula is C31H21Cl2FN2O6. The number of anilines is 2. The summed E-state index contributed by atoms with van der Waals surface area (Å²) in [5.74, 6) is -2.80. The zero-order chi connectivity index (χ0) is 29.5. The summed E-state index contributed by atoms with van der Waals surface area (Å²) in [5.41, 5.74) is 1.64. The van der Waals surface area contributed by atoms with E-state index in [2.05, 4.69) is 0 Å². The molecule has 0 bridgehead atoms.